The Hall–Kier alpha value is -4.89. The second-order valence-corrected chi connectivity index (χ2v) is 10.7. The Labute approximate surface area is 245 Å². The average Bonchev–Trinajstić information content (AvgIpc) is 2.96. The van der Waals surface area contributed by atoms with Crippen LogP contribution in [0.5, 0.6) is 0 Å². The van der Waals surface area contributed by atoms with Crippen LogP contribution in [-0.2, 0) is 22.2 Å². The number of hydrogen-bond donors (Lipinski definition) is 5. The van der Waals surface area contributed by atoms with Crippen molar-refractivity contribution in [3.05, 3.63) is 95.1 Å². The minimum atomic E-state index is -2.42. The lowest BCUT2D eigenvalue weighted by Crippen LogP contribution is -1.96. The zero-order valence-corrected chi connectivity index (χ0v) is 23.5. The molecule has 0 heterocycles. The topological polar surface area (TPSA) is 213 Å². The summed E-state index contributed by atoms with van der Waals surface area (Å²) in [5, 5.41) is 25.4. The van der Waals surface area contributed by atoms with Crippen molar-refractivity contribution in [3.63, 3.8) is 0 Å². The van der Waals surface area contributed by atoms with E-state index in [-0.39, 0.29) is 32.4 Å². The minimum Gasteiger partial charge on any atom is -0.478 e. The summed E-state index contributed by atoms with van der Waals surface area (Å²) in [6.07, 6.45) is 3.03. The molecule has 0 radical (unpaired) electrons. The summed E-state index contributed by atoms with van der Waals surface area (Å²) >= 11 is -4.79. The summed E-state index contributed by atoms with van der Waals surface area (Å²) in [7, 11) is 0. The Bertz CT molecular complexity index is 1820. The fraction of sp³-hybridized carbons (Fsp3) is 0.0357. The molecular formula is C28H24N6O6S2. The highest BCUT2D eigenvalue weighted by Crippen LogP contribution is 2.30. The van der Waals surface area contributed by atoms with E-state index in [4.69, 9.17) is 16.6 Å². The molecule has 0 bridgehead atoms. The van der Waals surface area contributed by atoms with Gasteiger partial charge in [-0.1, -0.05) is 30.4 Å². The van der Waals surface area contributed by atoms with E-state index in [2.05, 4.69) is 20.5 Å². The molecule has 0 amide bonds. The third kappa shape index (κ3) is 7.44. The fourth-order valence-electron chi connectivity index (χ4n) is 3.65. The monoisotopic (exact) mass is 604 g/mol. The Kier molecular flexibility index (Phi) is 9.44. The van der Waals surface area contributed by atoms with E-state index >= 15 is 0 Å². The lowest BCUT2D eigenvalue weighted by Gasteiger charge is -2.06. The molecule has 4 aromatic carbocycles. The first-order valence-corrected chi connectivity index (χ1v) is 14.2. The number of nitrogens with two attached hydrogens (primary N) is 2. The van der Waals surface area contributed by atoms with Gasteiger partial charge in [-0.25, -0.2) is 13.2 Å². The van der Waals surface area contributed by atoms with Gasteiger partial charge in [0.05, 0.1) is 38.1 Å². The van der Waals surface area contributed by atoms with Crippen molar-refractivity contribution >= 4 is 74.4 Å². The average molecular weight is 605 g/mol. The van der Waals surface area contributed by atoms with Gasteiger partial charge in [-0.15, -0.1) is 10.2 Å². The molecule has 0 aliphatic rings. The lowest BCUT2D eigenvalue weighted by atomic mass is 10.1. The Morgan fingerprint density at radius 1 is 0.690 bits per heavy atom. The lowest BCUT2D eigenvalue weighted by molar-refractivity contribution is 0.0697. The maximum absolute atomic E-state index is 12.1. The van der Waals surface area contributed by atoms with Gasteiger partial charge in [0.2, 0.25) is 0 Å². The molecule has 7 N–H and O–H groups in total. The van der Waals surface area contributed by atoms with Crippen LogP contribution in [0.4, 0.5) is 34.1 Å². The zero-order chi connectivity index (χ0) is 30.4. The van der Waals surface area contributed by atoms with Crippen LogP contribution in [0.15, 0.2) is 103 Å². The van der Waals surface area contributed by atoms with E-state index in [0.29, 0.717) is 28.2 Å². The van der Waals surface area contributed by atoms with Crippen LogP contribution in [0, 0.1) is 6.92 Å². The fourth-order valence-corrected chi connectivity index (χ4v) is 4.77. The first kappa shape index (κ1) is 30.1. The molecule has 0 aliphatic heterocycles. The standard InChI is InChI=1S/C28H24N6O6S2/c1-16-2-10-22(29)24(12-16)33-31-20-8-5-17(26(14-20)41(37)38)3-4-18-6-9-21(15-27(18)42(39)40)32-34-25-13-19(28(35)36)7-11-23(25)30/h2-15H,29-30H2,1H3,(H,35,36)(H,37,38)(H,39,40)/b4-3+,33-31?,34-32?. The summed E-state index contributed by atoms with van der Waals surface area (Å²) in [5.41, 5.74) is 15.2. The van der Waals surface area contributed by atoms with Crippen molar-refractivity contribution in [1.29, 1.82) is 0 Å². The number of aromatic carboxylic acids is 1. The number of carboxylic acids is 1. The molecule has 42 heavy (non-hydrogen) atoms. The number of carboxylic acid groups (broad SMARTS) is 1. The van der Waals surface area contributed by atoms with Crippen LogP contribution in [0.1, 0.15) is 27.0 Å². The van der Waals surface area contributed by atoms with Crippen molar-refractivity contribution in [2.75, 3.05) is 11.5 Å². The normalized spacial score (nSPS) is 13.2. The number of azo groups is 2. The van der Waals surface area contributed by atoms with Gasteiger partial charge >= 0.3 is 5.97 Å². The molecule has 0 aromatic heterocycles. The molecule has 14 heteroatoms. The quantitative estimate of drug-likeness (QED) is 0.0577. The Morgan fingerprint density at radius 2 is 1.17 bits per heavy atom. The van der Waals surface area contributed by atoms with Gasteiger partial charge in [0.25, 0.3) is 0 Å². The molecule has 0 saturated heterocycles. The number of nitrogens with zero attached hydrogens (tertiary/aromatic N) is 4. The second-order valence-electron chi connectivity index (χ2n) is 8.82. The molecule has 2 unspecified atom stereocenters. The molecule has 0 aliphatic carbocycles. The van der Waals surface area contributed by atoms with Crippen LogP contribution in [-0.4, -0.2) is 28.6 Å². The van der Waals surface area contributed by atoms with Crippen LogP contribution < -0.4 is 11.5 Å². The number of anilines is 2. The van der Waals surface area contributed by atoms with Crippen molar-refractivity contribution in [3.8, 4) is 0 Å². The highest BCUT2D eigenvalue weighted by molar-refractivity contribution is 7.79. The number of aryl methyl sites for hydroxylation is 1. The van der Waals surface area contributed by atoms with Crippen LogP contribution in [0.3, 0.4) is 0 Å². The molecule has 0 spiro atoms. The van der Waals surface area contributed by atoms with E-state index < -0.39 is 28.1 Å². The number of hydrogen-bond acceptors (Lipinski definition) is 9. The van der Waals surface area contributed by atoms with Crippen molar-refractivity contribution in [2.45, 2.75) is 16.7 Å². The first-order valence-electron chi connectivity index (χ1n) is 12.0. The zero-order valence-electron chi connectivity index (χ0n) is 21.9. The van der Waals surface area contributed by atoms with E-state index in [1.807, 2.05) is 13.0 Å². The maximum atomic E-state index is 12.1. The van der Waals surface area contributed by atoms with E-state index in [1.54, 1.807) is 24.3 Å². The Morgan fingerprint density at radius 3 is 1.64 bits per heavy atom. The largest absolute Gasteiger partial charge is 0.478 e. The van der Waals surface area contributed by atoms with Crippen molar-refractivity contribution in [1.82, 2.24) is 0 Å². The van der Waals surface area contributed by atoms with Gasteiger partial charge in [-0.3, -0.25) is 0 Å². The third-order valence-electron chi connectivity index (χ3n) is 5.82. The van der Waals surface area contributed by atoms with Gasteiger partial charge in [0.1, 0.15) is 11.4 Å². The predicted octanol–water partition coefficient (Wildman–Crippen LogP) is 7.02. The van der Waals surface area contributed by atoms with Crippen LogP contribution >= 0.6 is 0 Å². The number of benzene rings is 4. The molecular weight excluding hydrogens is 580 g/mol. The molecule has 2 atom stereocenters. The van der Waals surface area contributed by atoms with Crippen molar-refractivity contribution in [2.24, 2.45) is 20.5 Å². The third-order valence-corrected chi connectivity index (χ3v) is 7.28. The summed E-state index contributed by atoms with van der Waals surface area (Å²) in [4.78, 5) is 11.3. The number of nitrogen functional groups attached to an aromatic ring is 2. The van der Waals surface area contributed by atoms with Gasteiger partial charge < -0.3 is 25.7 Å². The predicted molar refractivity (Wildman–Crippen MR) is 162 cm³/mol. The van der Waals surface area contributed by atoms with Crippen molar-refractivity contribution < 1.29 is 27.4 Å². The number of carbonyl (C=O) groups is 1. The molecule has 0 saturated carbocycles. The minimum absolute atomic E-state index is 0.00259. The summed E-state index contributed by atoms with van der Waals surface area (Å²) in [6.45, 7) is 1.89. The van der Waals surface area contributed by atoms with E-state index in [9.17, 15) is 22.3 Å². The van der Waals surface area contributed by atoms with E-state index in [1.165, 1.54) is 54.6 Å². The van der Waals surface area contributed by atoms with E-state index in [0.717, 1.165) is 5.56 Å². The highest BCUT2D eigenvalue weighted by Gasteiger charge is 2.11. The SMILES string of the molecule is Cc1ccc(N)c(N=Nc2ccc(/C=C/c3ccc(N=Nc4cc(C(=O)O)ccc4N)cc3S(=O)O)c(S(=O)O)c2)c1. The molecule has 4 aromatic rings. The van der Waals surface area contributed by atoms with Crippen LogP contribution in [0.25, 0.3) is 12.2 Å². The van der Waals surface area contributed by atoms with Gasteiger partial charge in [-0.2, -0.15) is 10.2 Å². The van der Waals surface area contributed by atoms with Gasteiger partial charge in [-0.05, 0) is 78.2 Å². The Balaban J connectivity index is 1.61. The van der Waals surface area contributed by atoms with Crippen LogP contribution in [0.2, 0.25) is 0 Å². The smallest absolute Gasteiger partial charge is 0.335 e. The second kappa shape index (κ2) is 13.2. The molecule has 0 fully saturated rings. The molecule has 12 nitrogen and oxygen atoms in total. The highest BCUT2D eigenvalue weighted by atomic mass is 32.2. The summed E-state index contributed by atoms with van der Waals surface area (Å²) in [6, 6.07) is 18.3. The summed E-state index contributed by atoms with van der Waals surface area (Å²) in [5.74, 6) is -1.15. The number of rotatable bonds is 9. The summed E-state index contributed by atoms with van der Waals surface area (Å²) < 4.78 is 43.9. The molecule has 4 rings (SSSR count). The van der Waals surface area contributed by atoms with Gasteiger partial charge in [0.15, 0.2) is 22.2 Å². The first-order chi connectivity index (χ1) is 20.0. The maximum Gasteiger partial charge on any atom is 0.335 e. The molecule has 214 valence electrons. The van der Waals surface area contributed by atoms with Gasteiger partial charge in [0, 0.05) is 0 Å².